The summed E-state index contributed by atoms with van der Waals surface area (Å²) in [4.78, 5) is 23.6. The van der Waals surface area contributed by atoms with Gasteiger partial charge in [0.2, 0.25) is 0 Å². The van der Waals surface area contributed by atoms with E-state index in [1.54, 1.807) is 38.3 Å². The zero-order valence-electron chi connectivity index (χ0n) is 13.1. The van der Waals surface area contributed by atoms with Gasteiger partial charge in [0.1, 0.15) is 16.2 Å². The maximum atomic E-state index is 11.9. The Morgan fingerprint density at radius 2 is 1.88 bits per heavy atom. The lowest BCUT2D eigenvalue weighted by atomic mass is 10.0. The second-order valence-electron chi connectivity index (χ2n) is 5.91. The van der Waals surface area contributed by atoms with E-state index in [1.807, 2.05) is 0 Å². The molecule has 0 radical (unpaired) electrons. The molecule has 128 valence electrons. The largest absolute Gasteiger partial charge is 0.478 e. The number of ether oxygens (including phenoxy) is 1. The molecule has 0 fully saturated rings. The molecule has 1 aromatic carbocycles. The van der Waals surface area contributed by atoms with Crippen LogP contribution in [-0.4, -0.2) is 22.8 Å². The van der Waals surface area contributed by atoms with Crippen LogP contribution in [-0.2, 0) is 4.74 Å². The highest BCUT2D eigenvalue weighted by Gasteiger charge is 2.24. The van der Waals surface area contributed by atoms with E-state index in [4.69, 9.17) is 27.9 Å². The normalized spacial score (nSPS) is 11.2. The molecule has 1 heterocycles. The zero-order chi connectivity index (χ0) is 18.1. The van der Waals surface area contributed by atoms with Crippen molar-refractivity contribution in [3.05, 3.63) is 39.2 Å². The third-order valence-electron chi connectivity index (χ3n) is 2.84. The maximum Gasteiger partial charge on any atom is 0.412 e. The molecule has 2 rings (SSSR count). The first-order valence-electron chi connectivity index (χ1n) is 6.88. The number of aromatic carboxylic acids is 1. The summed E-state index contributed by atoms with van der Waals surface area (Å²) in [6, 6.07) is 4.78. The van der Waals surface area contributed by atoms with Crippen LogP contribution in [0.25, 0.3) is 11.1 Å². The van der Waals surface area contributed by atoms with Gasteiger partial charge in [0.25, 0.3) is 0 Å². The van der Waals surface area contributed by atoms with Gasteiger partial charge in [-0.1, -0.05) is 29.3 Å². The number of hydrogen-bond donors (Lipinski definition) is 2. The highest BCUT2D eigenvalue weighted by Crippen LogP contribution is 2.39. The minimum absolute atomic E-state index is 0.0462. The van der Waals surface area contributed by atoms with E-state index in [2.05, 4.69) is 5.32 Å². The molecule has 5 nitrogen and oxygen atoms in total. The lowest BCUT2D eigenvalue weighted by Crippen LogP contribution is -2.27. The van der Waals surface area contributed by atoms with Gasteiger partial charge in [0, 0.05) is 26.6 Å². The van der Waals surface area contributed by atoms with E-state index in [-0.39, 0.29) is 10.6 Å². The van der Waals surface area contributed by atoms with E-state index in [0.29, 0.717) is 21.2 Å². The van der Waals surface area contributed by atoms with Crippen molar-refractivity contribution in [3.63, 3.8) is 0 Å². The predicted molar refractivity (Wildman–Crippen MR) is 96.6 cm³/mol. The Balaban J connectivity index is 2.41. The SMILES string of the molecule is CC(C)(C)OC(=O)Nc1scc(-c2ccc(Cl)cc2Cl)c1C(=O)O. The molecule has 0 unspecified atom stereocenters. The summed E-state index contributed by atoms with van der Waals surface area (Å²) in [7, 11) is 0. The Kier molecular flexibility index (Phi) is 5.42. The third kappa shape index (κ3) is 4.41. The van der Waals surface area contributed by atoms with E-state index < -0.39 is 17.7 Å². The van der Waals surface area contributed by atoms with Crippen LogP contribution in [0.15, 0.2) is 23.6 Å². The van der Waals surface area contributed by atoms with Crippen LogP contribution in [0.1, 0.15) is 31.1 Å². The highest BCUT2D eigenvalue weighted by molar-refractivity contribution is 7.15. The van der Waals surface area contributed by atoms with Gasteiger partial charge in [-0.25, -0.2) is 9.59 Å². The van der Waals surface area contributed by atoms with Gasteiger partial charge >= 0.3 is 12.1 Å². The summed E-state index contributed by atoms with van der Waals surface area (Å²) >= 11 is 13.1. The van der Waals surface area contributed by atoms with Crippen molar-refractivity contribution in [2.75, 3.05) is 5.32 Å². The molecule has 0 aliphatic rings. The summed E-state index contributed by atoms with van der Waals surface area (Å²) in [5, 5.41) is 14.6. The van der Waals surface area contributed by atoms with Crippen molar-refractivity contribution in [1.82, 2.24) is 0 Å². The van der Waals surface area contributed by atoms with Gasteiger partial charge in [-0.3, -0.25) is 5.32 Å². The maximum absolute atomic E-state index is 11.9. The molecule has 0 aliphatic heterocycles. The standard InChI is InChI=1S/C16H15Cl2NO4S/c1-16(2,3)23-15(22)19-13-12(14(20)21)10(7-24-13)9-5-4-8(17)6-11(9)18/h4-7H,1-3H3,(H,19,22)(H,20,21). The van der Waals surface area contributed by atoms with Crippen LogP contribution in [0.3, 0.4) is 0 Å². The van der Waals surface area contributed by atoms with Gasteiger partial charge in [-0.2, -0.15) is 0 Å². The number of carbonyl (C=O) groups is 2. The lowest BCUT2D eigenvalue weighted by Gasteiger charge is -2.19. The Morgan fingerprint density at radius 3 is 2.42 bits per heavy atom. The second-order valence-corrected chi connectivity index (χ2v) is 7.63. The molecule has 2 aromatic rings. The average Bonchev–Trinajstić information content (AvgIpc) is 2.79. The minimum atomic E-state index is -1.18. The number of halogens is 2. The fraction of sp³-hybridized carbons (Fsp3) is 0.250. The van der Waals surface area contributed by atoms with Gasteiger partial charge in [-0.15, -0.1) is 11.3 Å². The van der Waals surface area contributed by atoms with Crippen molar-refractivity contribution in [2.45, 2.75) is 26.4 Å². The molecule has 0 saturated carbocycles. The smallest absolute Gasteiger partial charge is 0.412 e. The number of hydrogen-bond acceptors (Lipinski definition) is 4. The first-order chi connectivity index (χ1) is 11.1. The number of nitrogens with one attached hydrogen (secondary N) is 1. The van der Waals surface area contributed by atoms with Crippen molar-refractivity contribution < 1.29 is 19.4 Å². The van der Waals surface area contributed by atoms with Crippen LogP contribution < -0.4 is 5.32 Å². The minimum Gasteiger partial charge on any atom is -0.478 e. The molecule has 1 aromatic heterocycles. The Hall–Kier alpha value is -1.76. The summed E-state index contributed by atoms with van der Waals surface area (Å²) in [6.45, 7) is 5.16. The van der Waals surface area contributed by atoms with Crippen LogP contribution in [0.2, 0.25) is 10.0 Å². The summed E-state index contributed by atoms with van der Waals surface area (Å²) < 4.78 is 5.15. The van der Waals surface area contributed by atoms with Crippen LogP contribution in [0, 0.1) is 0 Å². The van der Waals surface area contributed by atoms with Gasteiger partial charge in [-0.05, 0) is 32.9 Å². The fourth-order valence-corrected chi connectivity index (χ4v) is 3.41. The lowest BCUT2D eigenvalue weighted by molar-refractivity contribution is 0.0636. The van der Waals surface area contributed by atoms with Crippen molar-refractivity contribution in [1.29, 1.82) is 0 Å². The number of carboxylic acid groups (broad SMARTS) is 1. The summed E-state index contributed by atoms with van der Waals surface area (Å²) in [5.74, 6) is -1.18. The van der Waals surface area contributed by atoms with E-state index in [9.17, 15) is 14.7 Å². The molecule has 0 aliphatic carbocycles. The van der Waals surface area contributed by atoms with Crippen LogP contribution in [0.5, 0.6) is 0 Å². The van der Waals surface area contributed by atoms with Crippen molar-refractivity contribution in [2.24, 2.45) is 0 Å². The van der Waals surface area contributed by atoms with Crippen LogP contribution in [0.4, 0.5) is 9.80 Å². The van der Waals surface area contributed by atoms with Crippen molar-refractivity contribution in [3.8, 4) is 11.1 Å². The van der Waals surface area contributed by atoms with Gasteiger partial charge < -0.3 is 9.84 Å². The predicted octanol–water partition coefficient (Wildman–Crippen LogP) is 5.77. The Bertz CT molecular complexity index is 796. The Morgan fingerprint density at radius 1 is 1.21 bits per heavy atom. The molecular formula is C16H15Cl2NO4S. The molecule has 1 amide bonds. The van der Waals surface area contributed by atoms with Crippen LogP contribution >= 0.6 is 34.5 Å². The highest BCUT2D eigenvalue weighted by atomic mass is 35.5. The number of carbonyl (C=O) groups excluding carboxylic acids is 1. The molecule has 24 heavy (non-hydrogen) atoms. The quantitative estimate of drug-likeness (QED) is 0.700. The topological polar surface area (TPSA) is 75.6 Å². The van der Waals surface area contributed by atoms with E-state index in [1.165, 1.54) is 6.07 Å². The number of carboxylic acids is 1. The molecule has 8 heteroatoms. The molecular weight excluding hydrogens is 373 g/mol. The molecule has 0 atom stereocenters. The number of rotatable bonds is 3. The van der Waals surface area contributed by atoms with Gasteiger partial charge in [0.05, 0.1) is 0 Å². The number of thiophene rings is 1. The monoisotopic (exact) mass is 387 g/mol. The summed E-state index contributed by atoms with van der Waals surface area (Å²) in [5.41, 5.74) is 0.190. The number of amides is 1. The first-order valence-corrected chi connectivity index (χ1v) is 8.52. The second kappa shape index (κ2) is 7.01. The Labute approximate surface area is 153 Å². The zero-order valence-corrected chi connectivity index (χ0v) is 15.5. The molecule has 0 saturated heterocycles. The van der Waals surface area contributed by atoms with E-state index >= 15 is 0 Å². The average molecular weight is 388 g/mol. The molecule has 0 bridgehead atoms. The van der Waals surface area contributed by atoms with E-state index in [0.717, 1.165) is 11.3 Å². The van der Waals surface area contributed by atoms with Crippen molar-refractivity contribution >= 4 is 51.6 Å². The van der Waals surface area contributed by atoms with Gasteiger partial charge in [0.15, 0.2) is 0 Å². The molecule has 2 N–H and O–H groups in total. The first kappa shape index (κ1) is 18.6. The summed E-state index contributed by atoms with van der Waals surface area (Å²) in [6.07, 6.45) is -0.722. The number of benzene rings is 1. The third-order valence-corrected chi connectivity index (χ3v) is 4.28. The molecule has 0 spiro atoms. The number of anilines is 1. The fourth-order valence-electron chi connectivity index (χ4n) is 1.96.